The van der Waals surface area contributed by atoms with Crippen molar-refractivity contribution in [2.45, 2.75) is 25.9 Å². The second-order valence-electron chi connectivity index (χ2n) is 3.45. The van der Waals surface area contributed by atoms with Gasteiger partial charge in [0.15, 0.2) is 0 Å². The van der Waals surface area contributed by atoms with Crippen molar-refractivity contribution < 1.29 is 13.2 Å². The summed E-state index contributed by atoms with van der Waals surface area (Å²) < 4.78 is 36.3. The average Bonchev–Trinajstić information content (AvgIpc) is 2.39. The fourth-order valence-electron chi connectivity index (χ4n) is 1.75. The van der Waals surface area contributed by atoms with E-state index in [9.17, 15) is 13.2 Å². The van der Waals surface area contributed by atoms with Crippen molar-refractivity contribution in [1.82, 2.24) is 0 Å². The number of halogens is 3. The second-order valence-corrected chi connectivity index (χ2v) is 3.45. The standard InChI is InChI=1S/C8H9F3/c1-4(8(9,10)11)6-2-5-3-7(5)6/h4,6H,2-3H2,1H3. The van der Waals surface area contributed by atoms with Crippen LogP contribution >= 0.6 is 0 Å². The lowest BCUT2D eigenvalue weighted by Crippen LogP contribution is -2.28. The Kier molecular flexibility index (Phi) is 1.19. The van der Waals surface area contributed by atoms with Crippen molar-refractivity contribution in [3.05, 3.63) is 11.1 Å². The van der Waals surface area contributed by atoms with Gasteiger partial charge in [-0.25, -0.2) is 0 Å². The molecule has 0 saturated heterocycles. The second kappa shape index (κ2) is 1.82. The topological polar surface area (TPSA) is 0 Å². The van der Waals surface area contributed by atoms with Crippen molar-refractivity contribution in [1.29, 1.82) is 0 Å². The first-order valence-electron chi connectivity index (χ1n) is 3.77. The highest BCUT2D eigenvalue weighted by Gasteiger charge is 2.51. The smallest absolute Gasteiger partial charge is 0.171 e. The van der Waals surface area contributed by atoms with E-state index in [2.05, 4.69) is 0 Å². The zero-order valence-electron chi connectivity index (χ0n) is 6.20. The highest BCUT2D eigenvalue weighted by atomic mass is 19.4. The summed E-state index contributed by atoms with van der Waals surface area (Å²) in [5.74, 6) is -1.28. The lowest BCUT2D eigenvalue weighted by Gasteiger charge is -2.26. The normalized spacial score (nSPS) is 31.1. The first kappa shape index (κ1) is 7.19. The molecule has 0 aromatic heterocycles. The molecule has 0 nitrogen and oxygen atoms in total. The van der Waals surface area contributed by atoms with Crippen molar-refractivity contribution in [3.8, 4) is 0 Å². The molecule has 0 saturated carbocycles. The fraction of sp³-hybridized carbons (Fsp3) is 0.750. The zero-order chi connectivity index (χ0) is 8.22. The fourth-order valence-corrected chi connectivity index (χ4v) is 1.75. The molecule has 62 valence electrons. The van der Waals surface area contributed by atoms with E-state index in [-0.39, 0.29) is 5.92 Å². The van der Waals surface area contributed by atoms with Crippen molar-refractivity contribution in [3.63, 3.8) is 0 Å². The molecule has 2 aliphatic rings. The van der Waals surface area contributed by atoms with E-state index in [0.717, 1.165) is 12.0 Å². The maximum Gasteiger partial charge on any atom is 0.392 e. The van der Waals surface area contributed by atoms with Gasteiger partial charge in [-0.3, -0.25) is 0 Å². The summed E-state index contributed by atoms with van der Waals surface area (Å²) in [5, 5.41) is 0. The molecule has 2 aliphatic carbocycles. The quantitative estimate of drug-likeness (QED) is 0.520. The van der Waals surface area contributed by atoms with Gasteiger partial charge in [-0.2, -0.15) is 13.2 Å². The summed E-state index contributed by atoms with van der Waals surface area (Å²) in [4.78, 5) is 0. The summed E-state index contributed by atoms with van der Waals surface area (Å²) in [6, 6.07) is 0. The summed E-state index contributed by atoms with van der Waals surface area (Å²) >= 11 is 0. The average molecular weight is 162 g/mol. The summed E-state index contributed by atoms with van der Waals surface area (Å²) in [6.45, 7) is 1.28. The van der Waals surface area contributed by atoms with Crippen LogP contribution in [0.5, 0.6) is 0 Å². The van der Waals surface area contributed by atoms with Crippen LogP contribution in [-0.2, 0) is 0 Å². The summed E-state index contributed by atoms with van der Waals surface area (Å²) in [7, 11) is 0. The van der Waals surface area contributed by atoms with Crippen LogP contribution in [-0.4, -0.2) is 6.18 Å². The molecule has 11 heavy (non-hydrogen) atoms. The van der Waals surface area contributed by atoms with E-state index in [1.54, 1.807) is 0 Å². The predicted octanol–water partition coefficient (Wildman–Crippen LogP) is 2.91. The van der Waals surface area contributed by atoms with Gasteiger partial charge in [-0.05, 0) is 18.8 Å². The Morgan fingerprint density at radius 2 is 2.09 bits per heavy atom. The first-order chi connectivity index (χ1) is 5.00. The number of rotatable bonds is 1. The van der Waals surface area contributed by atoms with Gasteiger partial charge in [0.05, 0.1) is 5.92 Å². The maximum absolute atomic E-state index is 12.1. The van der Waals surface area contributed by atoms with E-state index < -0.39 is 12.1 Å². The van der Waals surface area contributed by atoms with Gasteiger partial charge >= 0.3 is 6.18 Å². The number of hydrogen-bond acceptors (Lipinski definition) is 0. The molecule has 0 aromatic rings. The van der Waals surface area contributed by atoms with Gasteiger partial charge in [0.2, 0.25) is 0 Å². The van der Waals surface area contributed by atoms with Crippen LogP contribution in [0.1, 0.15) is 19.8 Å². The molecular formula is C8H9F3. The Labute approximate surface area is 63.1 Å². The lowest BCUT2D eigenvalue weighted by molar-refractivity contribution is -0.180. The minimum absolute atomic E-state index is 0.162. The van der Waals surface area contributed by atoms with E-state index in [4.69, 9.17) is 0 Å². The van der Waals surface area contributed by atoms with Crippen LogP contribution in [0.25, 0.3) is 0 Å². The van der Waals surface area contributed by atoms with Gasteiger partial charge < -0.3 is 0 Å². The first-order valence-corrected chi connectivity index (χ1v) is 3.77. The molecule has 0 fully saturated rings. The van der Waals surface area contributed by atoms with Gasteiger partial charge in [0.1, 0.15) is 0 Å². The van der Waals surface area contributed by atoms with Crippen LogP contribution in [0, 0.1) is 11.8 Å². The van der Waals surface area contributed by atoms with E-state index in [0.29, 0.717) is 6.42 Å². The molecule has 0 bridgehead atoms. The molecular weight excluding hydrogens is 153 g/mol. The maximum atomic E-state index is 12.1. The van der Waals surface area contributed by atoms with Gasteiger partial charge in [-0.15, -0.1) is 0 Å². The lowest BCUT2D eigenvalue weighted by atomic mass is 9.83. The van der Waals surface area contributed by atoms with Crippen LogP contribution in [0.4, 0.5) is 13.2 Å². The summed E-state index contributed by atoms with van der Waals surface area (Å²) in [5.41, 5.74) is 2.38. The van der Waals surface area contributed by atoms with Crippen LogP contribution < -0.4 is 0 Å². The van der Waals surface area contributed by atoms with Crippen molar-refractivity contribution >= 4 is 0 Å². The Hall–Kier alpha value is -0.470. The molecule has 0 radical (unpaired) electrons. The Morgan fingerprint density at radius 1 is 1.45 bits per heavy atom. The Morgan fingerprint density at radius 3 is 2.36 bits per heavy atom. The monoisotopic (exact) mass is 162 g/mol. The van der Waals surface area contributed by atoms with Crippen molar-refractivity contribution in [2.75, 3.05) is 0 Å². The zero-order valence-corrected chi connectivity index (χ0v) is 6.20. The molecule has 2 atom stereocenters. The predicted molar refractivity (Wildman–Crippen MR) is 35.0 cm³/mol. The van der Waals surface area contributed by atoms with Gasteiger partial charge in [0.25, 0.3) is 0 Å². The van der Waals surface area contributed by atoms with E-state index in [1.165, 1.54) is 12.5 Å². The highest BCUT2D eigenvalue weighted by molar-refractivity contribution is 5.47. The number of alkyl halides is 3. The van der Waals surface area contributed by atoms with E-state index >= 15 is 0 Å². The minimum Gasteiger partial charge on any atom is -0.171 e. The third-order valence-corrected chi connectivity index (χ3v) is 2.77. The number of allylic oxidation sites excluding steroid dienone is 2. The Bertz CT molecular complexity index is 224. The summed E-state index contributed by atoms with van der Waals surface area (Å²) in [6.07, 6.45) is -2.40. The molecule has 0 amide bonds. The van der Waals surface area contributed by atoms with Crippen LogP contribution in [0.2, 0.25) is 0 Å². The van der Waals surface area contributed by atoms with Crippen LogP contribution in [0.15, 0.2) is 11.1 Å². The molecule has 0 heterocycles. The molecule has 2 rings (SSSR count). The molecule has 0 spiro atoms. The highest BCUT2D eigenvalue weighted by Crippen LogP contribution is 2.58. The van der Waals surface area contributed by atoms with Gasteiger partial charge in [-0.1, -0.05) is 18.1 Å². The molecule has 3 heteroatoms. The minimum atomic E-state index is -3.99. The van der Waals surface area contributed by atoms with E-state index in [1.807, 2.05) is 0 Å². The largest absolute Gasteiger partial charge is 0.392 e. The molecule has 0 aromatic carbocycles. The van der Waals surface area contributed by atoms with Gasteiger partial charge in [0, 0.05) is 0 Å². The SMILES string of the molecule is CC(C1CC2=C1C2)C(F)(F)F. The molecule has 2 unspecified atom stereocenters. The Balaban J connectivity index is 2.01. The third kappa shape index (κ3) is 0.976. The third-order valence-electron chi connectivity index (χ3n) is 2.77. The molecule has 0 N–H and O–H groups in total. The van der Waals surface area contributed by atoms with Crippen molar-refractivity contribution in [2.24, 2.45) is 11.8 Å². The molecule has 0 aliphatic heterocycles. The van der Waals surface area contributed by atoms with Crippen LogP contribution in [0.3, 0.4) is 0 Å². The number of hydrogen-bond donors (Lipinski definition) is 0.